The molecule has 0 aromatic heterocycles. The number of aliphatic hydroxyl groups is 1. The molecule has 21 heavy (non-hydrogen) atoms. The van der Waals surface area contributed by atoms with E-state index in [-0.39, 0.29) is 30.2 Å². The Morgan fingerprint density at radius 1 is 1.62 bits per heavy atom. The monoisotopic (exact) mass is 298 g/mol. The van der Waals surface area contributed by atoms with E-state index in [9.17, 15) is 15.2 Å². The van der Waals surface area contributed by atoms with Crippen LogP contribution in [0.3, 0.4) is 0 Å². The average Bonchev–Trinajstić information content (AvgIpc) is 2.45. The number of rotatable bonds is 7. The molecule has 0 aliphatic heterocycles. The Morgan fingerprint density at radius 3 is 2.81 bits per heavy atom. The zero-order valence-electron chi connectivity index (χ0n) is 11.8. The van der Waals surface area contributed by atoms with Crippen LogP contribution in [0.15, 0.2) is 23.4 Å². The normalized spacial score (nSPS) is 13.0. The van der Waals surface area contributed by atoms with Crippen molar-refractivity contribution in [3.05, 3.63) is 33.9 Å². The minimum absolute atomic E-state index is 0.125. The zero-order valence-corrected chi connectivity index (χ0v) is 11.8. The molecule has 0 saturated heterocycles. The van der Waals surface area contributed by atoms with Gasteiger partial charge in [-0.1, -0.05) is 5.16 Å². The highest BCUT2D eigenvalue weighted by atomic mass is 16.6. The molecule has 9 nitrogen and oxygen atoms in total. The molecular weight excluding hydrogens is 280 g/mol. The van der Waals surface area contributed by atoms with Crippen LogP contribution in [0.25, 0.3) is 0 Å². The summed E-state index contributed by atoms with van der Waals surface area (Å²) in [6.07, 6.45) is -0.775. The number of benzene rings is 1. The van der Waals surface area contributed by atoms with E-state index < -0.39 is 11.0 Å². The maximum Gasteiger partial charge on any atom is 0.293 e. The van der Waals surface area contributed by atoms with Crippen molar-refractivity contribution in [2.45, 2.75) is 6.10 Å². The number of oxime groups is 1. The maximum absolute atomic E-state index is 11.1. The predicted octanol–water partition coefficient (Wildman–Crippen LogP) is 0.133. The van der Waals surface area contributed by atoms with E-state index in [0.29, 0.717) is 5.69 Å². The molecule has 0 bridgehead atoms. The highest BCUT2D eigenvalue weighted by Crippen LogP contribution is 2.28. The third kappa shape index (κ3) is 4.29. The quantitative estimate of drug-likeness (QED) is 0.214. The van der Waals surface area contributed by atoms with E-state index in [0.717, 1.165) is 0 Å². The fraction of sp³-hybridized carbons (Fsp3) is 0.417. The summed E-state index contributed by atoms with van der Waals surface area (Å²) in [6, 6.07) is 4.19. The lowest BCUT2D eigenvalue weighted by Crippen LogP contribution is -2.32. The summed E-state index contributed by atoms with van der Waals surface area (Å²) < 4.78 is 4.81. The highest BCUT2D eigenvalue weighted by Gasteiger charge is 2.20. The number of methoxy groups -OCH3 is 1. The van der Waals surface area contributed by atoms with Gasteiger partial charge < -0.3 is 25.7 Å². The number of ether oxygens (including phenoxy) is 1. The molecule has 1 unspecified atom stereocenters. The summed E-state index contributed by atoms with van der Waals surface area (Å²) >= 11 is 0. The second-order valence-corrected chi connectivity index (χ2v) is 4.44. The van der Waals surface area contributed by atoms with Gasteiger partial charge in [-0.05, 0) is 12.1 Å². The molecule has 116 valence electrons. The van der Waals surface area contributed by atoms with Gasteiger partial charge in [0.1, 0.15) is 5.69 Å². The zero-order chi connectivity index (χ0) is 16.0. The van der Waals surface area contributed by atoms with Gasteiger partial charge in [-0.2, -0.15) is 0 Å². The van der Waals surface area contributed by atoms with Crippen molar-refractivity contribution in [3.63, 3.8) is 0 Å². The Morgan fingerprint density at radius 2 is 2.29 bits per heavy atom. The summed E-state index contributed by atoms with van der Waals surface area (Å²) in [5.41, 5.74) is 5.76. The predicted molar refractivity (Wildman–Crippen MR) is 76.8 cm³/mol. The molecule has 0 radical (unpaired) electrons. The van der Waals surface area contributed by atoms with Crippen molar-refractivity contribution in [1.29, 1.82) is 0 Å². The van der Waals surface area contributed by atoms with E-state index >= 15 is 0 Å². The number of likely N-dealkylation sites (N-methyl/N-ethyl adjacent to an activating group) is 1. The Labute approximate surface area is 121 Å². The number of anilines is 1. The van der Waals surface area contributed by atoms with Crippen molar-refractivity contribution >= 4 is 17.2 Å². The summed E-state index contributed by atoms with van der Waals surface area (Å²) in [5, 5.41) is 32.3. The lowest BCUT2D eigenvalue weighted by atomic mass is 10.1. The fourth-order valence-corrected chi connectivity index (χ4v) is 1.87. The van der Waals surface area contributed by atoms with Crippen LogP contribution in [0.1, 0.15) is 5.56 Å². The molecule has 1 aromatic rings. The number of amidine groups is 1. The van der Waals surface area contributed by atoms with Crippen LogP contribution in [0.2, 0.25) is 0 Å². The van der Waals surface area contributed by atoms with E-state index in [2.05, 4.69) is 5.16 Å². The molecule has 0 saturated carbocycles. The van der Waals surface area contributed by atoms with Crippen LogP contribution in [-0.4, -0.2) is 54.5 Å². The van der Waals surface area contributed by atoms with Gasteiger partial charge in [0.05, 0.1) is 17.6 Å². The highest BCUT2D eigenvalue weighted by molar-refractivity contribution is 5.98. The summed E-state index contributed by atoms with van der Waals surface area (Å²) in [5.74, 6) is -0.216. The molecular formula is C12H18N4O5. The minimum Gasteiger partial charge on any atom is -0.409 e. The van der Waals surface area contributed by atoms with E-state index in [4.69, 9.17) is 15.7 Å². The van der Waals surface area contributed by atoms with Crippen LogP contribution >= 0.6 is 0 Å². The first kappa shape index (κ1) is 16.7. The van der Waals surface area contributed by atoms with Gasteiger partial charge >= 0.3 is 0 Å². The van der Waals surface area contributed by atoms with Gasteiger partial charge in [-0.15, -0.1) is 0 Å². The summed E-state index contributed by atoms with van der Waals surface area (Å²) in [4.78, 5) is 12.1. The van der Waals surface area contributed by atoms with E-state index in [1.54, 1.807) is 7.05 Å². The molecule has 0 aliphatic carbocycles. The van der Waals surface area contributed by atoms with Crippen molar-refractivity contribution in [1.82, 2.24) is 0 Å². The van der Waals surface area contributed by atoms with Crippen LogP contribution in [0.4, 0.5) is 11.4 Å². The molecule has 0 fully saturated rings. The summed E-state index contributed by atoms with van der Waals surface area (Å²) in [6.45, 7) is 0.290. The van der Waals surface area contributed by atoms with Crippen LogP contribution in [0.5, 0.6) is 0 Å². The molecule has 0 heterocycles. The largest absolute Gasteiger partial charge is 0.409 e. The SMILES string of the molecule is COCC(O)CN(C)c1ccc(C(N)=NO)cc1[N+](=O)[O-]. The van der Waals surface area contributed by atoms with Gasteiger partial charge in [-0.3, -0.25) is 10.1 Å². The van der Waals surface area contributed by atoms with Crippen molar-refractivity contribution < 1.29 is 20.0 Å². The second kappa shape index (κ2) is 7.41. The molecule has 1 rings (SSSR count). The van der Waals surface area contributed by atoms with Crippen LogP contribution in [0, 0.1) is 10.1 Å². The molecule has 1 atom stereocenters. The lowest BCUT2D eigenvalue weighted by Gasteiger charge is -2.22. The maximum atomic E-state index is 11.1. The number of aliphatic hydroxyl groups excluding tert-OH is 1. The lowest BCUT2D eigenvalue weighted by molar-refractivity contribution is -0.384. The Balaban J connectivity index is 3.09. The van der Waals surface area contributed by atoms with Crippen LogP contribution < -0.4 is 10.6 Å². The third-order valence-electron chi connectivity index (χ3n) is 2.83. The number of nitro benzene ring substituents is 1. The molecule has 0 aliphatic rings. The van der Waals surface area contributed by atoms with Gasteiger partial charge in [-0.25, -0.2) is 0 Å². The Kier molecular flexibility index (Phi) is 5.88. The van der Waals surface area contributed by atoms with E-state index in [1.807, 2.05) is 0 Å². The van der Waals surface area contributed by atoms with Gasteiger partial charge in [0, 0.05) is 32.3 Å². The van der Waals surface area contributed by atoms with Crippen molar-refractivity contribution in [2.24, 2.45) is 10.9 Å². The van der Waals surface area contributed by atoms with Crippen LogP contribution in [-0.2, 0) is 4.74 Å². The second-order valence-electron chi connectivity index (χ2n) is 4.44. The Hall–Kier alpha value is -2.39. The van der Waals surface area contributed by atoms with Gasteiger partial charge in [0.25, 0.3) is 5.69 Å². The number of nitrogens with two attached hydrogens (primary N) is 1. The smallest absolute Gasteiger partial charge is 0.293 e. The Bertz CT molecular complexity index is 534. The first-order valence-electron chi connectivity index (χ1n) is 6.05. The minimum atomic E-state index is -0.775. The van der Waals surface area contributed by atoms with Gasteiger partial charge in [0.15, 0.2) is 5.84 Å². The number of nitro groups is 1. The molecule has 0 amide bonds. The van der Waals surface area contributed by atoms with Gasteiger partial charge in [0.2, 0.25) is 0 Å². The molecule has 0 spiro atoms. The average molecular weight is 298 g/mol. The fourth-order valence-electron chi connectivity index (χ4n) is 1.87. The van der Waals surface area contributed by atoms with E-state index in [1.165, 1.54) is 30.2 Å². The molecule has 1 aromatic carbocycles. The number of nitrogens with zero attached hydrogens (tertiary/aromatic N) is 3. The first-order valence-corrected chi connectivity index (χ1v) is 6.05. The first-order chi connectivity index (χ1) is 9.90. The summed E-state index contributed by atoms with van der Waals surface area (Å²) in [7, 11) is 3.07. The number of hydrogen-bond donors (Lipinski definition) is 3. The number of hydrogen-bond acceptors (Lipinski definition) is 7. The third-order valence-corrected chi connectivity index (χ3v) is 2.83. The van der Waals surface area contributed by atoms with Crippen molar-refractivity contribution in [3.8, 4) is 0 Å². The van der Waals surface area contributed by atoms with Crippen molar-refractivity contribution in [2.75, 3.05) is 32.2 Å². The molecule has 4 N–H and O–H groups in total. The topological polar surface area (TPSA) is 134 Å². The standard InChI is InChI=1S/C12H18N4O5/c1-15(6-9(17)7-21-2)10-4-3-8(12(13)14-18)5-11(10)16(19)20/h3-5,9,17-18H,6-7H2,1-2H3,(H2,13,14). The molecule has 9 heteroatoms.